The Hall–Kier alpha value is -1.43. The Morgan fingerprint density at radius 1 is 1.39 bits per heavy atom. The van der Waals surface area contributed by atoms with Gasteiger partial charge in [-0.3, -0.25) is 10.1 Å². The van der Waals surface area contributed by atoms with Crippen molar-refractivity contribution >= 4 is 53.2 Å². The Balaban J connectivity index is 0.00000280. The molecule has 3 rings (SSSR count). The third-order valence-corrected chi connectivity index (χ3v) is 6.35. The van der Waals surface area contributed by atoms with Crippen LogP contribution >= 0.6 is 35.3 Å². The number of nitrogens with zero attached hydrogens (tertiary/aromatic N) is 3. The van der Waals surface area contributed by atoms with E-state index < -0.39 is 11.6 Å². The molecule has 0 saturated carbocycles. The zero-order valence-electron chi connectivity index (χ0n) is 16.6. The predicted octanol–water partition coefficient (Wildman–Crippen LogP) is 2.10. The van der Waals surface area contributed by atoms with Crippen LogP contribution in [0.25, 0.3) is 0 Å². The minimum atomic E-state index is -0.810. The summed E-state index contributed by atoms with van der Waals surface area (Å²) in [6.45, 7) is 8.94. The molecule has 3 amide bonds. The minimum Gasteiger partial charge on any atom is -0.357 e. The highest BCUT2D eigenvalue weighted by atomic mass is 127. The monoisotopic (exact) mass is 520 g/mol. The summed E-state index contributed by atoms with van der Waals surface area (Å²) >= 11 is 1.68. The van der Waals surface area contributed by atoms with Gasteiger partial charge in [0.05, 0.1) is 17.2 Å². The van der Waals surface area contributed by atoms with E-state index >= 15 is 0 Å². The highest BCUT2D eigenvalue weighted by Gasteiger charge is 2.48. The van der Waals surface area contributed by atoms with E-state index in [1.54, 1.807) is 11.3 Å². The molecule has 156 valence electrons. The minimum absolute atomic E-state index is 0. The van der Waals surface area contributed by atoms with Crippen molar-refractivity contribution in [2.75, 3.05) is 19.6 Å². The molecule has 0 aliphatic carbocycles. The Morgan fingerprint density at radius 2 is 2.11 bits per heavy atom. The maximum absolute atomic E-state index is 12.2. The Labute approximate surface area is 187 Å². The maximum atomic E-state index is 12.2. The van der Waals surface area contributed by atoms with E-state index in [0.717, 1.165) is 55.6 Å². The number of hydrogen-bond acceptors (Lipinski definition) is 5. The predicted molar refractivity (Wildman–Crippen MR) is 121 cm³/mol. The quantitative estimate of drug-likeness (QED) is 0.239. The number of aryl methyl sites for hydroxylation is 1. The molecule has 2 aliphatic heterocycles. The molecule has 2 fully saturated rings. The normalized spacial score (nSPS) is 23.2. The molecular formula is C18H29IN6O2S. The van der Waals surface area contributed by atoms with Crippen molar-refractivity contribution in [1.82, 2.24) is 25.8 Å². The first-order valence-corrected chi connectivity index (χ1v) is 10.4. The average molecular weight is 520 g/mol. The van der Waals surface area contributed by atoms with Crippen LogP contribution < -0.4 is 16.0 Å². The molecule has 2 aliphatic rings. The summed E-state index contributed by atoms with van der Waals surface area (Å²) in [5, 5.41) is 11.7. The van der Waals surface area contributed by atoms with Gasteiger partial charge >= 0.3 is 6.03 Å². The van der Waals surface area contributed by atoms with Crippen LogP contribution in [0, 0.1) is 5.92 Å². The molecule has 2 saturated heterocycles. The number of piperidine rings is 1. The van der Waals surface area contributed by atoms with E-state index in [0.29, 0.717) is 6.54 Å². The van der Waals surface area contributed by atoms with Gasteiger partial charge in [0.15, 0.2) is 5.96 Å². The van der Waals surface area contributed by atoms with Crippen LogP contribution in [0.5, 0.6) is 0 Å². The molecule has 10 heteroatoms. The van der Waals surface area contributed by atoms with Gasteiger partial charge in [-0.25, -0.2) is 14.8 Å². The molecule has 0 radical (unpaired) electrons. The number of imide groups is 1. The SMILES string of the molecule is CCNC(=NCc1csc(CC)n1)N1CCC(C2(C)NC(=O)NC2=O)CC1.I. The van der Waals surface area contributed by atoms with Crippen molar-refractivity contribution in [2.24, 2.45) is 10.9 Å². The van der Waals surface area contributed by atoms with Crippen LogP contribution in [0.2, 0.25) is 0 Å². The van der Waals surface area contributed by atoms with Crippen LogP contribution in [0.15, 0.2) is 10.4 Å². The zero-order valence-corrected chi connectivity index (χ0v) is 19.7. The Bertz CT molecular complexity index is 731. The van der Waals surface area contributed by atoms with E-state index in [1.807, 2.05) is 6.92 Å². The van der Waals surface area contributed by atoms with Gasteiger partial charge in [-0.1, -0.05) is 6.92 Å². The first-order valence-electron chi connectivity index (χ1n) is 9.56. The van der Waals surface area contributed by atoms with Gasteiger partial charge in [0.25, 0.3) is 5.91 Å². The summed E-state index contributed by atoms with van der Waals surface area (Å²) in [4.78, 5) is 35.2. The smallest absolute Gasteiger partial charge is 0.322 e. The van der Waals surface area contributed by atoms with Gasteiger partial charge in [0.2, 0.25) is 0 Å². The van der Waals surface area contributed by atoms with Gasteiger partial charge in [-0.2, -0.15) is 0 Å². The zero-order chi connectivity index (χ0) is 19.4. The molecule has 0 bridgehead atoms. The standard InChI is InChI=1S/C18H28N6O2S.HI/c1-4-14-21-13(11-27-14)10-20-16(19-5-2)24-8-6-12(7-9-24)18(3)15(25)22-17(26)23-18;/h11-12H,4-10H2,1-3H3,(H,19,20)(H2,22,23,25,26);1H. The van der Waals surface area contributed by atoms with Crippen molar-refractivity contribution < 1.29 is 9.59 Å². The second-order valence-electron chi connectivity index (χ2n) is 7.13. The average Bonchev–Trinajstić information content (AvgIpc) is 3.23. The fourth-order valence-corrected chi connectivity index (χ4v) is 4.41. The number of guanidine groups is 1. The molecule has 1 atom stereocenters. The van der Waals surface area contributed by atoms with E-state index in [9.17, 15) is 9.59 Å². The van der Waals surface area contributed by atoms with E-state index in [2.05, 4.69) is 45.1 Å². The van der Waals surface area contributed by atoms with E-state index in [-0.39, 0.29) is 35.8 Å². The molecule has 1 aromatic rings. The van der Waals surface area contributed by atoms with Gasteiger partial charge in [0.1, 0.15) is 5.54 Å². The number of halogens is 1. The third kappa shape index (κ3) is 4.94. The lowest BCUT2D eigenvalue weighted by atomic mass is 9.79. The van der Waals surface area contributed by atoms with Gasteiger partial charge < -0.3 is 15.5 Å². The molecule has 28 heavy (non-hydrogen) atoms. The molecule has 1 unspecified atom stereocenters. The molecular weight excluding hydrogens is 491 g/mol. The molecule has 3 heterocycles. The second-order valence-corrected chi connectivity index (χ2v) is 8.07. The summed E-state index contributed by atoms with van der Waals surface area (Å²) in [6, 6.07) is -0.394. The lowest BCUT2D eigenvalue weighted by Gasteiger charge is -2.39. The molecule has 1 aromatic heterocycles. The molecule has 0 spiro atoms. The number of urea groups is 1. The van der Waals surface area contributed by atoms with Crippen LogP contribution in [-0.4, -0.2) is 53.0 Å². The summed E-state index contributed by atoms with van der Waals surface area (Å²) < 4.78 is 0. The van der Waals surface area contributed by atoms with Crippen LogP contribution in [0.4, 0.5) is 4.79 Å². The van der Waals surface area contributed by atoms with Crippen molar-refractivity contribution in [3.05, 3.63) is 16.1 Å². The Kier molecular flexibility index (Phi) is 8.05. The summed E-state index contributed by atoms with van der Waals surface area (Å²) in [7, 11) is 0. The number of rotatable bonds is 5. The van der Waals surface area contributed by atoms with E-state index in [4.69, 9.17) is 4.99 Å². The molecule has 8 nitrogen and oxygen atoms in total. The topological polar surface area (TPSA) is 98.7 Å². The van der Waals surface area contributed by atoms with Crippen LogP contribution in [-0.2, 0) is 17.8 Å². The van der Waals surface area contributed by atoms with Crippen molar-refractivity contribution in [1.29, 1.82) is 0 Å². The number of aliphatic imine (C=N–C) groups is 1. The molecule has 0 aromatic carbocycles. The summed E-state index contributed by atoms with van der Waals surface area (Å²) in [5.74, 6) is 0.780. The number of thiazole rings is 1. The van der Waals surface area contributed by atoms with Crippen molar-refractivity contribution in [3.63, 3.8) is 0 Å². The summed E-state index contributed by atoms with van der Waals surface area (Å²) in [5.41, 5.74) is 0.190. The highest BCUT2D eigenvalue weighted by Crippen LogP contribution is 2.30. The number of aromatic nitrogens is 1. The largest absolute Gasteiger partial charge is 0.357 e. The lowest BCUT2D eigenvalue weighted by Crippen LogP contribution is -2.55. The van der Waals surface area contributed by atoms with Crippen molar-refractivity contribution in [3.8, 4) is 0 Å². The number of nitrogens with one attached hydrogen (secondary N) is 3. The number of likely N-dealkylation sites (tertiary alicyclic amines) is 1. The highest BCUT2D eigenvalue weighted by molar-refractivity contribution is 14.0. The van der Waals surface area contributed by atoms with E-state index in [1.165, 1.54) is 0 Å². The Morgan fingerprint density at radius 3 is 2.64 bits per heavy atom. The number of amides is 3. The maximum Gasteiger partial charge on any atom is 0.322 e. The lowest BCUT2D eigenvalue weighted by molar-refractivity contribution is -0.125. The third-order valence-electron chi connectivity index (χ3n) is 5.31. The van der Waals surface area contributed by atoms with Gasteiger partial charge in [-0.05, 0) is 39.0 Å². The summed E-state index contributed by atoms with van der Waals surface area (Å²) in [6.07, 6.45) is 2.60. The second kappa shape index (κ2) is 9.86. The van der Waals surface area contributed by atoms with Crippen LogP contribution in [0.1, 0.15) is 44.3 Å². The number of carbonyl (C=O) groups is 2. The first-order chi connectivity index (χ1) is 13.0. The number of carbonyl (C=O) groups excluding carboxylic acids is 2. The number of hydrogen-bond donors (Lipinski definition) is 3. The fourth-order valence-electron chi connectivity index (χ4n) is 3.68. The van der Waals surface area contributed by atoms with Gasteiger partial charge in [-0.15, -0.1) is 35.3 Å². The van der Waals surface area contributed by atoms with Gasteiger partial charge in [0, 0.05) is 25.0 Å². The molecule has 3 N–H and O–H groups in total. The van der Waals surface area contributed by atoms with Crippen molar-refractivity contribution in [2.45, 2.75) is 52.1 Å². The fraction of sp³-hybridized carbons (Fsp3) is 0.667. The van der Waals surface area contributed by atoms with Crippen LogP contribution in [0.3, 0.4) is 0 Å². The first kappa shape index (κ1) is 22.9.